The lowest BCUT2D eigenvalue weighted by molar-refractivity contribution is 0.471. The van der Waals surface area contributed by atoms with E-state index in [1.54, 1.807) is 30.3 Å². The number of aromatic nitrogens is 3. The summed E-state index contributed by atoms with van der Waals surface area (Å²) in [6, 6.07) is 17.6. The molecule has 1 unspecified atom stereocenters. The predicted octanol–water partition coefficient (Wildman–Crippen LogP) is 3.20. The summed E-state index contributed by atoms with van der Waals surface area (Å²) in [6.45, 7) is 0. The van der Waals surface area contributed by atoms with Gasteiger partial charge in [-0.1, -0.05) is 54.1 Å². The molecule has 0 fully saturated rings. The minimum atomic E-state index is -1.07. The van der Waals surface area contributed by atoms with Crippen LogP contribution in [0.25, 0.3) is 21.7 Å². The van der Waals surface area contributed by atoms with Crippen molar-refractivity contribution in [1.82, 2.24) is 14.1 Å². The van der Waals surface area contributed by atoms with Crippen LogP contribution in [-0.2, 0) is 14.1 Å². The zero-order valence-corrected chi connectivity index (χ0v) is 19.6. The SMILES string of the molecule is Cn1c(N)c(C(c2ccc(Cl)cc2)c2c(O)c3ccc4ccccc4c3[nH]c2=O)c(=O)n(C)c1=O. The highest BCUT2D eigenvalue weighted by Gasteiger charge is 2.31. The zero-order valence-electron chi connectivity index (χ0n) is 18.9. The fourth-order valence-corrected chi connectivity index (χ4v) is 4.72. The lowest BCUT2D eigenvalue weighted by Crippen LogP contribution is -2.41. The molecule has 5 rings (SSSR count). The molecule has 0 radical (unpaired) electrons. The van der Waals surface area contributed by atoms with Gasteiger partial charge in [0.05, 0.1) is 22.6 Å². The third kappa shape index (κ3) is 3.41. The van der Waals surface area contributed by atoms with Crippen LogP contribution in [0.5, 0.6) is 5.75 Å². The number of rotatable bonds is 3. The van der Waals surface area contributed by atoms with Crippen LogP contribution in [0.2, 0.25) is 5.02 Å². The number of benzene rings is 3. The minimum absolute atomic E-state index is 0.00198. The molecule has 4 N–H and O–H groups in total. The second-order valence-corrected chi connectivity index (χ2v) is 8.85. The van der Waals surface area contributed by atoms with Crippen molar-refractivity contribution in [1.29, 1.82) is 0 Å². The lowest BCUT2D eigenvalue weighted by Gasteiger charge is -2.22. The molecule has 1 atom stereocenters. The Hall–Kier alpha value is -4.30. The van der Waals surface area contributed by atoms with Crippen molar-refractivity contribution in [2.24, 2.45) is 14.1 Å². The quantitative estimate of drug-likeness (QED) is 0.336. The molecular weight excluding hydrogens is 468 g/mol. The normalized spacial score (nSPS) is 12.3. The van der Waals surface area contributed by atoms with Crippen LogP contribution in [0, 0.1) is 0 Å². The summed E-state index contributed by atoms with van der Waals surface area (Å²) >= 11 is 6.09. The first-order chi connectivity index (χ1) is 16.7. The Kier molecular flexibility index (Phi) is 5.25. The number of nitrogens with zero attached hydrogens (tertiary/aromatic N) is 2. The average Bonchev–Trinajstić information content (AvgIpc) is 2.86. The Bertz CT molecular complexity index is 1820. The molecule has 0 aliphatic rings. The van der Waals surface area contributed by atoms with E-state index in [9.17, 15) is 19.5 Å². The maximum Gasteiger partial charge on any atom is 0.332 e. The van der Waals surface area contributed by atoms with E-state index in [4.69, 9.17) is 17.3 Å². The number of halogens is 1. The van der Waals surface area contributed by atoms with Crippen molar-refractivity contribution in [2.45, 2.75) is 5.92 Å². The van der Waals surface area contributed by atoms with Crippen molar-refractivity contribution in [3.05, 3.63) is 114 Å². The summed E-state index contributed by atoms with van der Waals surface area (Å²) in [5.74, 6) is -1.45. The molecule has 9 heteroatoms. The van der Waals surface area contributed by atoms with E-state index in [0.717, 1.165) is 19.9 Å². The first-order valence-corrected chi connectivity index (χ1v) is 11.2. The number of nitrogens with two attached hydrogens (primary N) is 1. The van der Waals surface area contributed by atoms with Crippen molar-refractivity contribution in [3.63, 3.8) is 0 Å². The zero-order chi connectivity index (χ0) is 25.0. The Labute approximate surface area is 203 Å². The number of aromatic amines is 1. The molecule has 2 heterocycles. The molecule has 8 nitrogen and oxygen atoms in total. The summed E-state index contributed by atoms with van der Waals surface area (Å²) in [6.07, 6.45) is 0. The average molecular weight is 489 g/mol. The van der Waals surface area contributed by atoms with Crippen molar-refractivity contribution in [2.75, 3.05) is 5.73 Å². The number of hydrogen-bond donors (Lipinski definition) is 3. The highest BCUT2D eigenvalue weighted by molar-refractivity contribution is 6.30. The summed E-state index contributed by atoms with van der Waals surface area (Å²) in [7, 11) is 2.78. The second-order valence-electron chi connectivity index (χ2n) is 8.41. The van der Waals surface area contributed by atoms with E-state index in [0.29, 0.717) is 21.5 Å². The monoisotopic (exact) mass is 488 g/mol. The first-order valence-electron chi connectivity index (χ1n) is 10.8. The summed E-state index contributed by atoms with van der Waals surface area (Å²) in [5.41, 5.74) is 5.34. The van der Waals surface area contributed by atoms with Crippen LogP contribution in [0.15, 0.2) is 75.0 Å². The summed E-state index contributed by atoms with van der Waals surface area (Å²) in [4.78, 5) is 42.2. The Morgan fingerprint density at radius 3 is 2.29 bits per heavy atom. The van der Waals surface area contributed by atoms with Gasteiger partial charge in [-0.05, 0) is 29.1 Å². The Morgan fingerprint density at radius 2 is 1.57 bits per heavy atom. The van der Waals surface area contributed by atoms with Gasteiger partial charge in [0.2, 0.25) is 0 Å². The van der Waals surface area contributed by atoms with Gasteiger partial charge in [0.1, 0.15) is 11.6 Å². The highest BCUT2D eigenvalue weighted by atomic mass is 35.5. The van der Waals surface area contributed by atoms with Crippen LogP contribution >= 0.6 is 11.6 Å². The predicted molar refractivity (Wildman–Crippen MR) is 137 cm³/mol. The summed E-state index contributed by atoms with van der Waals surface area (Å²) < 4.78 is 2.06. The fraction of sp³-hybridized carbons (Fsp3) is 0.115. The molecule has 0 saturated carbocycles. The number of nitrogen functional groups attached to an aromatic ring is 1. The maximum atomic E-state index is 13.6. The third-order valence-corrected chi connectivity index (χ3v) is 6.70. The number of hydrogen-bond acceptors (Lipinski definition) is 5. The molecule has 0 bridgehead atoms. The molecule has 0 spiro atoms. The second kappa shape index (κ2) is 8.18. The summed E-state index contributed by atoms with van der Waals surface area (Å²) in [5, 5.41) is 14.0. The van der Waals surface area contributed by atoms with Crippen molar-refractivity contribution in [3.8, 4) is 5.75 Å². The van der Waals surface area contributed by atoms with Crippen LogP contribution in [0.1, 0.15) is 22.6 Å². The molecule has 0 aliphatic carbocycles. The van der Waals surface area contributed by atoms with Crippen molar-refractivity contribution < 1.29 is 5.11 Å². The van der Waals surface area contributed by atoms with Gasteiger partial charge in [0.25, 0.3) is 11.1 Å². The van der Waals surface area contributed by atoms with Crippen LogP contribution in [0.4, 0.5) is 5.82 Å². The van der Waals surface area contributed by atoms with Gasteiger partial charge in [-0.15, -0.1) is 0 Å². The lowest BCUT2D eigenvalue weighted by atomic mass is 9.85. The number of anilines is 1. The van der Waals surface area contributed by atoms with E-state index in [2.05, 4.69) is 4.98 Å². The molecule has 5 aromatic rings. The topological polar surface area (TPSA) is 123 Å². The Morgan fingerprint density at radius 1 is 0.886 bits per heavy atom. The van der Waals surface area contributed by atoms with Crippen LogP contribution in [-0.4, -0.2) is 19.2 Å². The van der Waals surface area contributed by atoms with E-state index >= 15 is 0 Å². The molecular formula is C26H21ClN4O4. The fourth-order valence-electron chi connectivity index (χ4n) is 4.59. The molecule has 176 valence electrons. The van der Waals surface area contributed by atoms with Gasteiger partial charge in [0, 0.05) is 29.9 Å². The maximum absolute atomic E-state index is 13.6. The van der Waals surface area contributed by atoms with Crippen LogP contribution in [0.3, 0.4) is 0 Å². The first kappa shape index (κ1) is 22.5. The van der Waals surface area contributed by atoms with E-state index in [1.807, 2.05) is 30.3 Å². The molecule has 0 saturated heterocycles. The molecule has 2 aromatic heterocycles. The number of pyridine rings is 1. The number of fused-ring (bicyclic) bond motifs is 3. The minimum Gasteiger partial charge on any atom is -0.507 e. The van der Waals surface area contributed by atoms with Crippen LogP contribution < -0.4 is 22.5 Å². The largest absolute Gasteiger partial charge is 0.507 e. The molecule has 35 heavy (non-hydrogen) atoms. The van der Waals surface area contributed by atoms with Gasteiger partial charge in [-0.25, -0.2) is 4.79 Å². The molecule has 0 amide bonds. The van der Waals surface area contributed by atoms with Gasteiger partial charge in [-0.3, -0.25) is 18.7 Å². The smallest absolute Gasteiger partial charge is 0.332 e. The van der Waals surface area contributed by atoms with Gasteiger partial charge in [-0.2, -0.15) is 0 Å². The number of aromatic hydroxyl groups is 1. The van der Waals surface area contributed by atoms with Gasteiger partial charge < -0.3 is 15.8 Å². The third-order valence-electron chi connectivity index (χ3n) is 6.45. The number of nitrogens with one attached hydrogen (secondary N) is 1. The number of H-pyrrole nitrogens is 1. The molecule has 3 aromatic carbocycles. The van der Waals surface area contributed by atoms with Gasteiger partial charge >= 0.3 is 5.69 Å². The van der Waals surface area contributed by atoms with E-state index in [-0.39, 0.29) is 22.7 Å². The standard InChI is InChI=1S/C26H21ClN4O4/c1-30-23(28)20(25(34)31(2)26(30)35)18(14-7-10-15(27)11-8-14)19-22(32)17-12-9-13-5-3-4-6-16(13)21(17)29-24(19)33/h3-12,18H,28H2,1-2H3,(H2,29,32,33). The van der Waals surface area contributed by atoms with E-state index < -0.39 is 22.7 Å². The highest BCUT2D eigenvalue weighted by Crippen LogP contribution is 2.39. The Balaban J connectivity index is 1.93. The molecule has 0 aliphatic heterocycles. The van der Waals surface area contributed by atoms with Gasteiger partial charge in [0.15, 0.2) is 0 Å². The van der Waals surface area contributed by atoms with E-state index in [1.165, 1.54) is 14.1 Å². The van der Waals surface area contributed by atoms with Crippen molar-refractivity contribution >= 4 is 39.1 Å².